The summed E-state index contributed by atoms with van der Waals surface area (Å²) in [6.07, 6.45) is 3.14. The number of nitrogen functional groups attached to an aromatic ring is 1. The van der Waals surface area contributed by atoms with Crippen molar-refractivity contribution < 1.29 is 9.53 Å². The van der Waals surface area contributed by atoms with Crippen molar-refractivity contribution >= 4 is 17.4 Å². The minimum atomic E-state index is 0.220. The fraction of sp³-hybridized carbons (Fsp3) is 0.571. The Morgan fingerprint density at radius 3 is 2.70 bits per heavy atom. The summed E-state index contributed by atoms with van der Waals surface area (Å²) in [6, 6.07) is 3.77. The van der Waals surface area contributed by atoms with Crippen LogP contribution in [-0.4, -0.2) is 55.7 Å². The topological polar surface area (TPSA) is 71.7 Å². The summed E-state index contributed by atoms with van der Waals surface area (Å²) in [6.45, 7) is 3.83. The van der Waals surface area contributed by atoms with E-state index in [1.165, 1.54) is 0 Å². The first-order valence-corrected chi connectivity index (χ1v) is 6.94. The molecule has 1 aromatic heterocycles. The van der Waals surface area contributed by atoms with Gasteiger partial charge in [0.1, 0.15) is 5.82 Å². The molecule has 6 heteroatoms. The van der Waals surface area contributed by atoms with Gasteiger partial charge in [-0.25, -0.2) is 4.98 Å². The van der Waals surface area contributed by atoms with Gasteiger partial charge in [0.25, 0.3) is 0 Å². The van der Waals surface area contributed by atoms with Gasteiger partial charge in [0.05, 0.1) is 11.9 Å². The van der Waals surface area contributed by atoms with Gasteiger partial charge in [-0.15, -0.1) is 0 Å². The fourth-order valence-corrected chi connectivity index (χ4v) is 2.32. The standard InChI is InChI=1S/C14H22N4O2/c1-20-10-2-3-14(19)18-8-6-17(7-9-18)12-4-5-13(15)16-11-12/h4-5,11H,2-3,6-10H2,1H3,(H2,15,16). The number of nitrogens with two attached hydrogens (primary N) is 1. The third-order valence-corrected chi connectivity index (χ3v) is 3.51. The second-order valence-electron chi connectivity index (χ2n) is 4.91. The molecule has 1 amide bonds. The zero-order valence-electron chi connectivity index (χ0n) is 11.9. The highest BCUT2D eigenvalue weighted by atomic mass is 16.5. The van der Waals surface area contributed by atoms with E-state index in [-0.39, 0.29) is 5.91 Å². The van der Waals surface area contributed by atoms with E-state index >= 15 is 0 Å². The maximum atomic E-state index is 12.0. The van der Waals surface area contributed by atoms with E-state index in [1.54, 1.807) is 19.4 Å². The summed E-state index contributed by atoms with van der Waals surface area (Å²) in [5, 5.41) is 0. The van der Waals surface area contributed by atoms with Crippen LogP contribution in [0, 0.1) is 0 Å². The Morgan fingerprint density at radius 2 is 2.10 bits per heavy atom. The first-order chi connectivity index (χ1) is 9.70. The smallest absolute Gasteiger partial charge is 0.222 e. The van der Waals surface area contributed by atoms with E-state index in [0.29, 0.717) is 18.8 Å². The summed E-state index contributed by atoms with van der Waals surface area (Å²) in [5.41, 5.74) is 6.64. The van der Waals surface area contributed by atoms with Crippen LogP contribution in [0.15, 0.2) is 18.3 Å². The molecule has 0 atom stereocenters. The molecule has 0 saturated carbocycles. The Labute approximate surface area is 119 Å². The summed E-state index contributed by atoms with van der Waals surface area (Å²) in [7, 11) is 1.66. The van der Waals surface area contributed by atoms with Crippen molar-refractivity contribution in [1.29, 1.82) is 0 Å². The molecule has 2 heterocycles. The molecule has 1 aliphatic heterocycles. The zero-order valence-corrected chi connectivity index (χ0v) is 11.9. The van der Waals surface area contributed by atoms with Gasteiger partial charge in [0, 0.05) is 46.3 Å². The van der Waals surface area contributed by atoms with Gasteiger partial charge in [-0.2, -0.15) is 0 Å². The van der Waals surface area contributed by atoms with Crippen molar-refractivity contribution in [3.63, 3.8) is 0 Å². The van der Waals surface area contributed by atoms with E-state index in [2.05, 4.69) is 9.88 Å². The van der Waals surface area contributed by atoms with Crippen molar-refractivity contribution in [2.75, 3.05) is 50.5 Å². The molecule has 1 fully saturated rings. The van der Waals surface area contributed by atoms with Crippen molar-refractivity contribution in [3.8, 4) is 0 Å². The lowest BCUT2D eigenvalue weighted by atomic mass is 10.2. The number of nitrogens with zero attached hydrogens (tertiary/aromatic N) is 3. The number of amides is 1. The molecule has 1 aromatic rings. The normalized spacial score (nSPS) is 15.4. The van der Waals surface area contributed by atoms with E-state index in [0.717, 1.165) is 38.3 Å². The zero-order chi connectivity index (χ0) is 14.4. The van der Waals surface area contributed by atoms with Crippen LogP contribution in [0.1, 0.15) is 12.8 Å². The van der Waals surface area contributed by atoms with Crippen LogP contribution in [0.3, 0.4) is 0 Å². The number of piperazine rings is 1. The summed E-state index contributed by atoms with van der Waals surface area (Å²) in [5.74, 6) is 0.748. The lowest BCUT2D eigenvalue weighted by Gasteiger charge is -2.36. The van der Waals surface area contributed by atoms with E-state index in [1.807, 2.05) is 11.0 Å². The molecule has 6 nitrogen and oxygen atoms in total. The van der Waals surface area contributed by atoms with Crippen LogP contribution in [0.4, 0.5) is 11.5 Å². The molecule has 0 aromatic carbocycles. The lowest BCUT2D eigenvalue weighted by Crippen LogP contribution is -2.48. The highest BCUT2D eigenvalue weighted by molar-refractivity contribution is 5.76. The van der Waals surface area contributed by atoms with Gasteiger partial charge in [-0.05, 0) is 18.6 Å². The van der Waals surface area contributed by atoms with E-state index in [9.17, 15) is 4.79 Å². The maximum absolute atomic E-state index is 12.0. The Hall–Kier alpha value is -1.82. The van der Waals surface area contributed by atoms with Gasteiger partial charge in [-0.1, -0.05) is 0 Å². The first kappa shape index (κ1) is 14.6. The van der Waals surface area contributed by atoms with Crippen molar-refractivity contribution in [3.05, 3.63) is 18.3 Å². The summed E-state index contributed by atoms with van der Waals surface area (Å²) >= 11 is 0. The summed E-state index contributed by atoms with van der Waals surface area (Å²) in [4.78, 5) is 20.2. The minimum absolute atomic E-state index is 0.220. The molecule has 0 aliphatic carbocycles. The van der Waals surface area contributed by atoms with Gasteiger partial charge >= 0.3 is 0 Å². The lowest BCUT2D eigenvalue weighted by molar-refractivity contribution is -0.131. The van der Waals surface area contributed by atoms with Gasteiger partial charge < -0.3 is 20.3 Å². The number of rotatable bonds is 5. The number of methoxy groups -OCH3 is 1. The molecule has 1 saturated heterocycles. The molecule has 0 bridgehead atoms. The number of hydrogen-bond acceptors (Lipinski definition) is 5. The molecule has 2 rings (SSSR count). The molecule has 20 heavy (non-hydrogen) atoms. The number of carbonyl (C=O) groups is 1. The van der Waals surface area contributed by atoms with E-state index < -0.39 is 0 Å². The monoisotopic (exact) mass is 278 g/mol. The van der Waals surface area contributed by atoms with Crippen LogP contribution >= 0.6 is 0 Å². The number of anilines is 2. The van der Waals surface area contributed by atoms with Crippen LogP contribution in [-0.2, 0) is 9.53 Å². The third kappa shape index (κ3) is 3.84. The largest absolute Gasteiger partial charge is 0.385 e. The second-order valence-corrected chi connectivity index (χ2v) is 4.91. The van der Waals surface area contributed by atoms with Crippen molar-refractivity contribution in [1.82, 2.24) is 9.88 Å². The number of pyridine rings is 1. The molecule has 0 radical (unpaired) electrons. The molecule has 0 spiro atoms. The molecule has 110 valence electrons. The molecule has 0 unspecified atom stereocenters. The van der Waals surface area contributed by atoms with Crippen LogP contribution < -0.4 is 10.6 Å². The van der Waals surface area contributed by atoms with Gasteiger partial charge in [0.2, 0.25) is 5.91 Å². The Kier molecular flexibility index (Phi) is 5.17. The van der Waals surface area contributed by atoms with Crippen LogP contribution in [0.2, 0.25) is 0 Å². The van der Waals surface area contributed by atoms with Crippen LogP contribution in [0.5, 0.6) is 0 Å². The second kappa shape index (κ2) is 7.09. The van der Waals surface area contributed by atoms with Gasteiger partial charge in [-0.3, -0.25) is 4.79 Å². The number of hydrogen-bond donors (Lipinski definition) is 1. The Balaban J connectivity index is 1.80. The van der Waals surface area contributed by atoms with Crippen LogP contribution in [0.25, 0.3) is 0 Å². The summed E-state index contributed by atoms with van der Waals surface area (Å²) < 4.78 is 4.97. The molecular formula is C14H22N4O2. The van der Waals surface area contributed by atoms with Gasteiger partial charge in [0.15, 0.2) is 0 Å². The maximum Gasteiger partial charge on any atom is 0.222 e. The Bertz CT molecular complexity index is 427. The average molecular weight is 278 g/mol. The molecule has 2 N–H and O–H groups in total. The molecular weight excluding hydrogens is 256 g/mol. The Morgan fingerprint density at radius 1 is 1.35 bits per heavy atom. The highest BCUT2D eigenvalue weighted by Gasteiger charge is 2.20. The first-order valence-electron chi connectivity index (χ1n) is 6.94. The molecule has 1 aliphatic rings. The highest BCUT2D eigenvalue weighted by Crippen LogP contribution is 2.16. The average Bonchev–Trinajstić information content (AvgIpc) is 2.48. The number of carbonyl (C=O) groups excluding carboxylic acids is 1. The predicted molar refractivity (Wildman–Crippen MR) is 78.6 cm³/mol. The SMILES string of the molecule is COCCCC(=O)N1CCN(c2ccc(N)nc2)CC1. The predicted octanol–water partition coefficient (Wildman–Crippen LogP) is 0.739. The van der Waals surface area contributed by atoms with E-state index in [4.69, 9.17) is 10.5 Å². The fourth-order valence-electron chi connectivity index (χ4n) is 2.32. The number of aromatic nitrogens is 1. The van der Waals surface area contributed by atoms with Crippen molar-refractivity contribution in [2.24, 2.45) is 0 Å². The third-order valence-electron chi connectivity index (χ3n) is 3.51. The van der Waals surface area contributed by atoms with Crippen molar-refractivity contribution in [2.45, 2.75) is 12.8 Å². The quantitative estimate of drug-likeness (QED) is 0.804. The number of ether oxygens (including phenoxy) is 1. The minimum Gasteiger partial charge on any atom is -0.385 e.